The van der Waals surface area contributed by atoms with Crippen LogP contribution >= 0.6 is 30.8 Å². The number of hydrogen-bond donors (Lipinski definition) is 5. The lowest BCUT2D eigenvalue weighted by Crippen LogP contribution is -2.34. The number of halogens is 2. The normalized spacial score (nSPS) is 24.0. The van der Waals surface area contributed by atoms with Gasteiger partial charge in [0.05, 0.1) is 24.2 Å². The van der Waals surface area contributed by atoms with Gasteiger partial charge in [-0.05, 0) is 36.2 Å². The van der Waals surface area contributed by atoms with Gasteiger partial charge in [0, 0.05) is 5.02 Å². The molecule has 0 spiro atoms. The molecule has 1 aliphatic heterocycles. The fraction of sp³-hybridized carbons (Fsp3) is 0.421. The molecule has 5 atom stereocenters. The van der Waals surface area contributed by atoms with Gasteiger partial charge in [-0.25, -0.2) is 4.68 Å². The molecule has 1 saturated heterocycles. The van der Waals surface area contributed by atoms with Gasteiger partial charge >= 0.3 is 7.60 Å². The molecule has 3 heterocycles. The number of aliphatic hydroxyl groups excluding tert-OH is 2. The van der Waals surface area contributed by atoms with Crippen LogP contribution in [0.25, 0.3) is 11.0 Å². The monoisotopic (exact) mass is 533 g/mol. The predicted octanol–water partition coefficient (Wildman–Crippen LogP) is 2.08. The Hall–Kier alpha value is -1.86. The molecule has 34 heavy (non-hydrogen) atoms. The van der Waals surface area contributed by atoms with Gasteiger partial charge in [-0.3, -0.25) is 4.57 Å². The van der Waals surface area contributed by atoms with Crippen molar-refractivity contribution < 1.29 is 34.0 Å². The third-order valence-corrected chi connectivity index (χ3v) is 6.17. The second-order valence-corrected chi connectivity index (χ2v) is 10.2. The summed E-state index contributed by atoms with van der Waals surface area (Å²) in [6.45, 7) is 1.57. The lowest BCUT2D eigenvalue weighted by atomic mass is 10.1. The van der Waals surface area contributed by atoms with Crippen LogP contribution in [-0.4, -0.2) is 71.0 Å². The van der Waals surface area contributed by atoms with E-state index < -0.39 is 38.5 Å². The number of benzene rings is 1. The minimum atomic E-state index is -4.39. The average Bonchev–Trinajstić information content (AvgIpc) is 3.29. The van der Waals surface area contributed by atoms with Crippen molar-refractivity contribution in [3.05, 3.63) is 46.3 Å². The number of ether oxygens (including phenoxy) is 2. The molecule has 0 saturated carbocycles. The SMILES string of the molecule is CC(Nc1nc(Cl)nc2c1cnn2[C@@H]1O[C@H](COCP(=O)(O)O)[C@@H](O)[C@H]1O)c1cccc(Cl)c1. The van der Waals surface area contributed by atoms with E-state index in [-0.39, 0.29) is 23.6 Å². The Morgan fingerprint density at radius 3 is 2.74 bits per heavy atom. The number of anilines is 1. The Morgan fingerprint density at radius 1 is 1.26 bits per heavy atom. The van der Waals surface area contributed by atoms with Crippen molar-refractivity contribution >= 4 is 47.6 Å². The molecular formula is C19H22Cl2N5O7P. The molecule has 0 radical (unpaired) electrons. The van der Waals surface area contributed by atoms with E-state index in [2.05, 4.69) is 20.4 Å². The number of aliphatic hydroxyl groups is 2. The number of fused-ring (bicyclic) bond motifs is 1. The third kappa shape index (κ3) is 5.51. The van der Waals surface area contributed by atoms with Crippen molar-refractivity contribution in [3.63, 3.8) is 0 Å². The molecule has 0 aliphatic carbocycles. The van der Waals surface area contributed by atoms with Crippen molar-refractivity contribution in [2.75, 3.05) is 18.3 Å². The van der Waals surface area contributed by atoms with Crippen LogP contribution in [0, 0.1) is 0 Å². The van der Waals surface area contributed by atoms with Crippen LogP contribution in [0.5, 0.6) is 0 Å². The molecule has 0 bridgehead atoms. The van der Waals surface area contributed by atoms with Gasteiger partial charge in [0.25, 0.3) is 0 Å². The van der Waals surface area contributed by atoms with Gasteiger partial charge < -0.3 is 34.8 Å². The molecule has 4 rings (SSSR count). The summed E-state index contributed by atoms with van der Waals surface area (Å²) in [5, 5.41) is 29.4. The zero-order chi connectivity index (χ0) is 24.6. The maximum Gasteiger partial charge on any atom is 0.350 e. The van der Waals surface area contributed by atoms with E-state index in [1.807, 2.05) is 25.1 Å². The zero-order valence-electron chi connectivity index (χ0n) is 17.7. The second-order valence-electron chi connectivity index (χ2n) is 7.80. The highest BCUT2D eigenvalue weighted by atomic mass is 35.5. The quantitative estimate of drug-likeness (QED) is 0.212. The van der Waals surface area contributed by atoms with Crippen LogP contribution in [0.3, 0.4) is 0 Å². The first-order valence-corrected chi connectivity index (χ1v) is 12.7. The summed E-state index contributed by atoms with van der Waals surface area (Å²) < 4.78 is 22.8. The maximum absolute atomic E-state index is 11.0. The molecule has 184 valence electrons. The van der Waals surface area contributed by atoms with Crippen LogP contribution in [0.1, 0.15) is 24.8 Å². The van der Waals surface area contributed by atoms with Gasteiger partial charge in [0.2, 0.25) is 5.28 Å². The van der Waals surface area contributed by atoms with Crippen molar-refractivity contribution in [1.29, 1.82) is 0 Å². The maximum atomic E-state index is 11.0. The number of nitrogens with one attached hydrogen (secondary N) is 1. The van der Waals surface area contributed by atoms with Crippen LogP contribution in [0.15, 0.2) is 30.5 Å². The Labute approximate surface area is 203 Å². The highest BCUT2D eigenvalue weighted by Crippen LogP contribution is 2.36. The first-order chi connectivity index (χ1) is 16.0. The fourth-order valence-corrected chi connectivity index (χ4v) is 4.32. The summed E-state index contributed by atoms with van der Waals surface area (Å²) in [6, 6.07) is 7.14. The molecule has 15 heteroatoms. The predicted molar refractivity (Wildman–Crippen MR) is 123 cm³/mol. The molecule has 12 nitrogen and oxygen atoms in total. The molecule has 0 amide bonds. The molecule has 1 aliphatic rings. The first kappa shape index (κ1) is 25.2. The van der Waals surface area contributed by atoms with Gasteiger partial charge in [-0.15, -0.1) is 0 Å². The number of aromatic nitrogens is 4. The van der Waals surface area contributed by atoms with E-state index in [9.17, 15) is 14.8 Å². The molecular weight excluding hydrogens is 512 g/mol. The van der Waals surface area contributed by atoms with E-state index >= 15 is 0 Å². The average molecular weight is 534 g/mol. The van der Waals surface area contributed by atoms with Crippen molar-refractivity contribution in [2.45, 2.75) is 37.5 Å². The summed E-state index contributed by atoms with van der Waals surface area (Å²) in [5.41, 5.74) is 1.16. The van der Waals surface area contributed by atoms with Gasteiger partial charge in [0.1, 0.15) is 30.5 Å². The van der Waals surface area contributed by atoms with Gasteiger partial charge in [-0.2, -0.15) is 15.1 Å². The zero-order valence-corrected chi connectivity index (χ0v) is 20.1. The topological polar surface area (TPSA) is 172 Å². The molecule has 3 aromatic rings. The Kier molecular flexibility index (Phi) is 7.44. The van der Waals surface area contributed by atoms with Crippen molar-refractivity contribution in [1.82, 2.24) is 19.7 Å². The number of nitrogens with zero attached hydrogens (tertiary/aromatic N) is 4. The second kappa shape index (κ2) is 10.0. The molecule has 5 N–H and O–H groups in total. The largest absolute Gasteiger partial charge is 0.387 e. The highest BCUT2D eigenvalue weighted by Gasteiger charge is 2.45. The lowest BCUT2D eigenvalue weighted by Gasteiger charge is -2.17. The minimum Gasteiger partial charge on any atom is -0.387 e. The Bertz CT molecular complexity index is 1220. The first-order valence-electron chi connectivity index (χ1n) is 10.1. The van der Waals surface area contributed by atoms with Gasteiger partial charge in [-0.1, -0.05) is 23.7 Å². The Balaban J connectivity index is 1.57. The van der Waals surface area contributed by atoms with E-state index in [1.165, 1.54) is 10.9 Å². The van der Waals surface area contributed by atoms with Crippen LogP contribution in [0.2, 0.25) is 10.3 Å². The van der Waals surface area contributed by atoms with E-state index in [1.54, 1.807) is 6.07 Å². The highest BCUT2D eigenvalue weighted by molar-refractivity contribution is 7.51. The molecule has 1 fully saturated rings. The summed E-state index contributed by atoms with van der Waals surface area (Å²) in [7, 11) is -4.39. The van der Waals surface area contributed by atoms with E-state index in [0.717, 1.165) is 5.56 Å². The fourth-order valence-electron chi connectivity index (χ4n) is 3.62. The lowest BCUT2D eigenvalue weighted by molar-refractivity contribution is -0.0658. The number of rotatable bonds is 8. The third-order valence-electron chi connectivity index (χ3n) is 5.25. The van der Waals surface area contributed by atoms with Gasteiger partial charge in [0.15, 0.2) is 11.9 Å². The standard InChI is InChI=1S/C19H22Cl2N5O7P/c1-9(10-3-2-4-11(20)5-10)23-16-12-6-22-26(17(12)25-19(21)24-16)18-15(28)14(27)13(33-18)7-32-8-34(29,30)31/h2-6,9,13-15,18,27-28H,7-8H2,1H3,(H,23,24,25)(H2,29,30,31)/t9?,13-,14-,15-,18-/m1/s1. The van der Waals surface area contributed by atoms with Crippen LogP contribution < -0.4 is 5.32 Å². The smallest absolute Gasteiger partial charge is 0.350 e. The summed E-state index contributed by atoms with van der Waals surface area (Å²) in [6.07, 6.45) is -4.38. The Morgan fingerprint density at radius 2 is 2.03 bits per heavy atom. The molecule has 2 aromatic heterocycles. The van der Waals surface area contributed by atoms with Crippen LogP contribution in [-0.2, 0) is 14.0 Å². The number of hydrogen-bond acceptors (Lipinski definition) is 9. The van der Waals surface area contributed by atoms with Crippen molar-refractivity contribution in [2.24, 2.45) is 0 Å². The minimum absolute atomic E-state index is 0.0791. The molecule has 1 unspecified atom stereocenters. The molecule has 1 aromatic carbocycles. The van der Waals surface area contributed by atoms with E-state index in [0.29, 0.717) is 16.2 Å². The van der Waals surface area contributed by atoms with E-state index in [4.69, 9.17) is 42.5 Å². The van der Waals surface area contributed by atoms with Crippen molar-refractivity contribution in [3.8, 4) is 0 Å². The summed E-state index contributed by atoms with van der Waals surface area (Å²) >= 11 is 12.2. The van der Waals surface area contributed by atoms with Crippen LogP contribution in [0.4, 0.5) is 5.82 Å². The summed E-state index contributed by atoms with van der Waals surface area (Å²) in [5.74, 6) is 0.392. The summed E-state index contributed by atoms with van der Waals surface area (Å²) in [4.78, 5) is 26.3.